The molecule has 0 saturated heterocycles. The molecule has 107 valence electrons. The van der Waals surface area contributed by atoms with E-state index < -0.39 is 0 Å². The lowest BCUT2D eigenvalue weighted by Gasteiger charge is -2.02. The fourth-order valence-corrected chi connectivity index (χ4v) is 2.54. The van der Waals surface area contributed by atoms with Gasteiger partial charge in [0.15, 0.2) is 0 Å². The van der Waals surface area contributed by atoms with Crippen LogP contribution in [0.5, 0.6) is 0 Å². The topological polar surface area (TPSA) is 0 Å². The fourth-order valence-electron chi connectivity index (χ4n) is 2.39. The second-order valence-corrected chi connectivity index (χ2v) is 5.78. The predicted molar refractivity (Wildman–Crippen MR) is 87.5 cm³/mol. The van der Waals surface area contributed by atoms with Crippen LogP contribution < -0.4 is 0 Å². The van der Waals surface area contributed by atoms with E-state index in [2.05, 4.69) is 12.3 Å². The Kier molecular flexibility index (Phi) is 17.2. The molecular formula is C17H33S. The molecule has 0 bridgehead atoms. The largest absolute Gasteiger partial charge is 0.0837 e. The third-order valence-electron chi connectivity index (χ3n) is 3.63. The summed E-state index contributed by atoms with van der Waals surface area (Å²) in [5.41, 5.74) is 0. The lowest BCUT2D eigenvalue weighted by Crippen LogP contribution is -1.83. The lowest BCUT2D eigenvalue weighted by atomic mass is 10.0. The van der Waals surface area contributed by atoms with Crippen LogP contribution in [0.1, 0.15) is 103 Å². The van der Waals surface area contributed by atoms with Crippen LogP contribution in [0.15, 0.2) is 0 Å². The van der Waals surface area contributed by atoms with Gasteiger partial charge in [-0.05, 0) is 12.8 Å². The molecule has 0 heterocycles. The average Bonchev–Trinajstić information content (AvgIpc) is 2.39. The van der Waals surface area contributed by atoms with Crippen molar-refractivity contribution >= 4 is 17.6 Å². The van der Waals surface area contributed by atoms with Crippen molar-refractivity contribution < 1.29 is 0 Å². The third-order valence-corrected chi connectivity index (χ3v) is 3.84. The standard InChI is InChI=1S/C17H33S/c1-2-3-4-5-6-7-8-9-10-11-12-13-14-15-16-17-18/h2-16H2,1H3. The van der Waals surface area contributed by atoms with Crippen molar-refractivity contribution in [1.29, 1.82) is 0 Å². The Morgan fingerprint density at radius 2 is 0.889 bits per heavy atom. The summed E-state index contributed by atoms with van der Waals surface area (Å²) in [6.45, 7) is 2.29. The summed E-state index contributed by atoms with van der Waals surface area (Å²) < 4.78 is 0. The van der Waals surface area contributed by atoms with Crippen LogP contribution in [0.3, 0.4) is 0 Å². The van der Waals surface area contributed by atoms with E-state index in [9.17, 15) is 0 Å². The summed E-state index contributed by atoms with van der Waals surface area (Å²) in [7, 11) is 0. The molecule has 0 atom stereocenters. The first-order valence-corrected chi connectivity index (χ1v) is 8.67. The maximum Gasteiger partial charge on any atom is 0.0291 e. The van der Waals surface area contributed by atoms with Crippen molar-refractivity contribution in [3.8, 4) is 0 Å². The first-order valence-electron chi connectivity index (χ1n) is 8.26. The first-order chi connectivity index (χ1) is 8.91. The van der Waals surface area contributed by atoms with Crippen molar-refractivity contribution in [1.82, 2.24) is 0 Å². The fraction of sp³-hybridized carbons (Fsp3) is 0.941. The summed E-state index contributed by atoms with van der Waals surface area (Å²) in [6.07, 6.45) is 20.9. The van der Waals surface area contributed by atoms with Gasteiger partial charge in [-0.25, -0.2) is 0 Å². The van der Waals surface area contributed by atoms with Crippen molar-refractivity contribution in [2.24, 2.45) is 0 Å². The molecule has 0 aliphatic carbocycles. The molecule has 0 nitrogen and oxygen atoms in total. The molecule has 0 spiro atoms. The maximum absolute atomic E-state index is 4.70. The van der Waals surface area contributed by atoms with Gasteiger partial charge in [-0.2, -0.15) is 0 Å². The van der Waals surface area contributed by atoms with E-state index >= 15 is 0 Å². The van der Waals surface area contributed by atoms with Gasteiger partial charge in [0.1, 0.15) is 0 Å². The molecule has 0 saturated carbocycles. The second-order valence-electron chi connectivity index (χ2n) is 5.49. The van der Waals surface area contributed by atoms with Gasteiger partial charge in [-0.3, -0.25) is 0 Å². The average molecular weight is 270 g/mol. The van der Waals surface area contributed by atoms with Gasteiger partial charge in [-0.1, -0.05) is 103 Å². The maximum atomic E-state index is 4.70. The third kappa shape index (κ3) is 16.1. The number of hydrogen-bond acceptors (Lipinski definition) is 1. The lowest BCUT2D eigenvalue weighted by molar-refractivity contribution is 0.537. The summed E-state index contributed by atoms with van der Waals surface area (Å²) in [6, 6.07) is 0. The van der Waals surface area contributed by atoms with Crippen LogP contribution in [0.25, 0.3) is 0 Å². The molecule has 0 unspecified atom stereocenters. The van der Waals surface area contributed by atoms with E-state index in [1.165, 1.54) is 89.9 Å². The molecule has 0 aliphatic rings. The zero-order chi connectivity index (χ0) is 13.3. The van der Waals surface area contributed by atoms with E-state index in [1.54, 1.807) is 0 Å². The van der Waals surface area contributed by atoms with Crippen LogP contribution in [0, 0.1) is 0 Å². The molecule has 0 aliphatic heterocycles. The molecule has 0 fully saturated rings. The summed E-state index contributed by atoms with van der Waals surface area (Å²) >= 11 is 4.70. The predicted octanol–water partition coefficient (Wildman–Crippen LogP) is 6.73. The molecular weight excluding hydrogens is 236 g/mol. The summed E-state index contributed by atoms with van der Waals surface area (Å²) in [4.78, 5) is 0. The zero-order valence-corrected chi connectivity index (χ0v) is 13.3. The summed E-state index contributed by atoms with van der Waals surface area (Å²) in [5.74, 6) is 0. The summed E-state index contributed by atoms with van der Waals surface area (Å²) in [5, 5.41) is 2.79. The number of hydrogen-bond donors (Lipinski definition) is 0. The van der Waals surface area contributed by atoms with Gasteiger partial charge >= 0.3 is 0 Å². The van der Waals surface area contributed by atoms with Gasteiger partial charge in [0.2, 0.25) is 0 Å². The molecule has 18 heavy (non-hydrogen) atoms. The quantitative estimate of drug-likeness (QED) is 0.234. The van der Waals surface area contributed by atoms with Gasteiger partial charge < -0.3 is 0 Å². The Morgan fingerprint density at radius 1 is 0.556 bits per heavy atom. The second kappa shape index (κ2) is 17.1. The Labute approximate surface area is 121 Å². The number of rotatable bonds is 15. The first kappa shape index (κ1) is 18.1. The van der Waals surface area contributed by atoms with Crippen LogP contribution in [0.2, 0.25) is 0 Å². The SMILES string of the molecule is CCCCCCCCCCCCCCCC[C]=S. The van der Waals surface area contributed by atoms with Crippen molar-refractivity contribution in [3.63, 3.8) is 0 Å². The van der Waals surface area contributed by atoms with Gasteiger partial charge in [0, 0.05) is 5.37 Å². The van der Waals surface area contributed by atoms with Crippen molar-refractivity contribution in [2.75, 3.05) is 0 Å². The normalized spacial score (nSPS) is 10.7. The Bertz CT molecular complexity index is 154. The highest BCUT2D eigenvalue weighted by molar-refractivity contribution is 7.78. The van der Waals surface area contributed by atoms with E-state index in [1.807, 2.05) is 0 Å². The molecule has 0 aromatic heterocycles. The van der Waals surface area contributed by atoms with Gasteiger partial charge in [0.25, 0.3) is 0 Å². The van der Waals surface area contributed by atoms with Crippen LogP contribution >= 0.6 is 12.2 Å². The highest BCUT2D eigenvalue weighted by atomic mass is 32.1. The monoisotopic (exact) mass is 269 g/mol. The molecule has 0 N–H and O–H groups in total. The molecule has 0 rings (SSSR count). The van der Waals surface area contributed by atoms with Crippen LogP contribution in [-0.2, 0) is 0 Å². The van der Waals surface area contributed by atoms with E-state index in [0.717, 1.165) is 6.42 Å². The van der Waals surface area contributed by atoms with E-state index in [4.69, 9.17) is 12.2 Å². The molecule has 0 aromatic carbocycles. The molecule has 1 radical (unpaired) electrons. The van der Waals surface area contributed by atoms with Gasteiger partial charge in [0.05, 0.1) is 0 Å². The highest BCUT2D eigenvalue weighted by Gasteiger charge is 1.93. The van der Waals surface area contributed by atoms with Crippen molar-refractivity contribution in [3.05, 3.63) is 0 Å². The molecule has 0 aromatic rings. The Morgan fingerprint density at radius 3 is 1.22 bits per heavy atom. The number of thiocarbonyl (C=S) groups is 1. The molecule has 0 amide bonds. The van der Waals surface area contributed by atoms with Gasteiger partial charge in [-0.15, -0.1) is 0 Å². The Balaban J connectivity index is 2.88. The van der Waals surface area contributed by atoms with Crippen molar-refractivity contribution in [2.45, 2.75) is 103 Å². The minimum Gasteiger partial charge on any atom is -0.0837 e. The van der Waals surface area contributed by atoms with E-state index in [0.29, 0.717) is 0 Å². The molecule has 1 heteroatoms. The minimum atomic E-state index is 1.01. The van der Waals surface area contributed by atoms with Crippen LogP contribution in [0.4, 0.5) is 0 Å². The zero-order valence-electron chi connectivity index (χ0n) is 12.5. The van der Waals surface area contributed by atoms with E-state index in [-0.39, 0.29) is 0 Å². The Hall–Kier alpha value is 0.0900. The van der Waals surface area contributed by atoms with Crippen LogP contribution in [-0.4, -0.2) is 5.37 Å². The smallest absolute Gasteiger partial charge is 0.0291 e. The highest BCUT2D eigenvalue weighted by Crippen LogP contribution is 2.13. The minimum absolute atomic E-state index is 1.01. The number of unbranched alkanes of at least 4 members (excludes halogenated alkanes) is 14.